The van der Waals surface area contributed by atoms with Crippen molar-refractivity contribution in [3.63, 3.8) is 0 Å². The molecule has 1 N–H and O–H groups in total. The summed E-state index contributed by atoms with van der Waals surface area (Å²) in [4.78, 5) is 11.6. The molecule has 3 nitrogen and oxygen atoms in total. The van der Waals surface area contributed by atoms with Crippen molar-refractivity contribution in [3.05, 3.63) is 35.4 Å². The second-order valence-electron chi connectivity index (χ2n) is 5.01. The van der Waals surface area contributed by atoms with Crippen molar-refractivity contribution >= 4 is 5.97 Å². The molecule has 2 rings (SSSR count). The number of ether oxygens (including phenoxy) is 1. The van der Waals surface area contributed by atoms with Gasteiger partial charge >= 0.3 is 5.97 Å². The molecule has 1 atom stereocenters. The van der Waals surface area contributed by atoms with Crippen LogP contribution >= 0.6 is 0 Å². The summed E-state index contributed by atoms with van der Waals surface area (Å²) in [7, 11) is 1.46. The summed E-state index contributed by atoms with van der Waals surface area (Å²) >= 11 is 0. The smallest absolute Gasteiger partial charge is 0.307 e. The number of nitrogens with one attached hydrogen (secondary N) is 1. The first-order valence-electron chi connectivity index (χ1n) is 6.58. The molecule has 0 aliphatic heterocycles. The van der Waals surface area contributed by atoms with Crippen LogP contribution in [0, 0.1) is 0 Å². The van der Waals surface area contributed by atoms with Crippen LogP contribution in [0.5, 0.6) is 0 Å². The molecule has 0 saturated carbocycles. The lowest BCUT2D eigenvalue weighted by Crippen LogP contribution is -2.51. The van der Waals surface area contributed by atoms with E-state index in [1.165, 1.54) is 18.2 Å². The Labute approximate surface area is 109 Å². The lowest BCUT2D eigenvalue weighted by molar-refractivity contribution is -0.142. The molecule has 98 valence electrons. The van der Waals surface area contributed by atoms with Crippen molar-refractivity contribution in [3.8, 4) is 0 Å². The van der Waals surface area contributed by atoms with Gasteiger partial charge in [0.1, 0.15) is 0 Å². The number of benzene rings is 1. The van der Waals surface area contributed by atoms with E-state index >= 15 is 0 Å². The van der Waals surface area contributed by atoms with E-state index in [0.29, 0.717) is 6.42 Å². The van der Waals surface area contributed by atoms with E-state index in [-0.39, 0.29) is 11.5 Å². The zero-order chi connectivity index (χ0) is 13.0. The predicted octanol–water partition coefficient (Wildman–Crippen LogP) is 2.09. The topological polar surface area (TPSA) is 38.3 Å². The van der Waals surface area contributed by atoms with Gasteiger partial charge in [0.25, 0.3) is 0 Å². The van der Waals surface area contributed by atoms with Crippen molar-refractivity contribution < 1.29 is 9.53 Å². The number of aryl methyl sites for hydroxylation is 1. The van der Waals surface area contributed by atoms with Crippen LogP contribution in [0.3, 0.4) is 0 Å². The molecule has 1 aliphatic rings. The number of fused-ring (bicyclic) bond motifs is 1. The maximum absolute atomic E-state index is 11.6. The van der Waals surface area contributed by atoms with Crippen LogP contribution in [0.15, 0.2) is 24.3 Å². The largest absolute Gasteiger partial charge is 0.469 e. The van der Waals surface area contributed by atoms with Crippen molar-refractivity contribution in [2.45, 2.75) is 38.1 Å². The van der Waals surface area contributed by atoms with Gasteiger partial charge in [-0.2, -0.15) is 0 Å². The fourth-order valence-electron chi connectivity index (χ4n) is 2.89. The van der Waals surface area contributed by atoms with Crippen LogP contribution in [0.1, 0.15) is 30.9 Å². The van der Waals surface area contributed by atoms with Gasteiger partial charge in [0.05, 0.1) is 13.5 Å². The van der Waals surface area contributed by atoms with E-state index in [0.717, 1.165) is 25.8 Å². The Morgan fingerprint density at radius 1 is 1.39 bits per heavy atom. The van der Waals surface area contributed by atoms with Gasteiger partial charge in [0.2, 0.25) is 0 Å². The molecule has 0 aromatic heterocycles. The summed E-state index contributed by atoms with van der Waals surface area (Å²) < 4.78 is 4.83. The minimum atomic E-state index is -0.129. The summed E-state index contributed by atoms with van der Waals surface area (Å²) in [6.45, 7) is 2.96. The number of hydrogen-bond acceptors (Lipinski definition) is 3. The second kappa shape index (κ2) is 5.53. The first kappa shape index (κ1) is 13.1. The number of esters is 1. The third-order valence-electron chi connectivity index (χ3n) is 3.78. The van der Waals surface area contributed by atoms with Crippen LogP contribution in [0.2, 0.25) is 0 Å². The van der Waals surface area contributed by atoms with E-state index in [1.807, 2.05) is 0 Å². The average molecular weight is 247 g/mol. The highest BCUT2D eigenvalue weighted by Crippen LogP contribution is 2.31. The molecule has 1 aromatic carbocycles. The number of carbonyl (C=O) groups is 1. The van der Waals surface area contributed by atoms with E-state index < -0.39 is 0 Å². The molecule has 0 fully saturated rings. The third-order valence-corrected chi connectivity index (χ3v) is 3.78. The first-order chi connectivity index (χ1) is 8.69. The Balaban J connectivity index is 2.20. The molecular formula is C15H21NO2. The van der Waals surface area contributed by atoms with Crippen LogP contribution in [-0.4, -0.2) is 25.2 Å². The summed E-state index contributed by atoms with van der Waals surface area (Å²) in [6.07, 6.45) is 3.38. The minimum absolute atomic E-state index is 0.129. The molecule has 0 radical (unpaired) electrons. The summed E-state index contributed by atoms with van der Waals surface area (Å²) in [5, 5.41) is 3.50. The number of rotatable bonds is 4. The van der Waals surface area contributed by atoms with Crippen LogP contribution < -0.4 is 5.32 Å². The summed E-state index contributed by atoms with van der Waals surface area (Å²) in [6, 6.07) is 8.50. The van der Waals surface area contributed by atoms with Crippen molar-refractivity contribution in [1.29, 1.82) is 0 Å². The Morgan fingerprint density at radius 2 is 2.11 bits per heavy atom. The van der Waals surface area contributed by atoms with Gasteiger partial charge in [-0.1, -0.05) is 31.2 Å². The fourth-order valence-corrected chi connectivity index (χ4v) is 2.89. The molecule has 0 spiro atoms. The molecule has 3 heteroatoms. The van der Waals surface area contributed by atoms with Gasteiger partial charge in [-0.15, -0.1) is 0 Å². The Kier molecular flexibility index (Phi) is 4.02. The van der Waals surface area contributed by atoms with Gasteiger partial charge in [-0.05, 0) is 36.9 Å². The van der Waals surface area contributed by atoms with Crippen LogP contribution in [0.25, 0.3) is 0 Å². The molecule has 0 bridgehead atoms. The van der Waals surface area contributed by atoms with E-state index in [1.54, 1.807) is 0 Å². The van der Waals surface area contributed by atoms with Gasteiger partial charge in [0, 0.05) is 5.54 Å². The highest BCUT2D eigenvalue weighted by molar-refractivity contribution is 5.71. The van der Waals surface area contributed by atoms with Gasteiger partial charge in [0.15, 0.2) is 0 Å². The monoisotopic (exact) mass is 247 g/mol. The maximum Gasteiger partial charge on any atom is 0.307 e. The number of methoxy groups -OCH3 is 1. The van der Waals surface area contributed by atoms with Crippen molar-refractivity contribution in [2.24, 2.45) is 0 Å². The highest BCUT2D eigenvalue weighted by Gasteiger charge is 2.35. The van der Waals surface area contributed by atoms with Crippen LogP contribution in [0.4, 0.5) is 0 Å². The van der Waals surface area contributed by atoms with Gasteiger partial charge in [-0.25, -0.2) is 0 Å². The van der Waals surface area contributed by atoms with Crippen molar-refractivity contribution in [1.82, 2.24) is 5.32 Å². The fraction of sp³-hybridized carbons (Fsp3) is 0.533. The zero-order valence-corrected chi connectivity index (χ0v) is 11.2. The molecular weight excluding hydrogens is 226 g/mol. The Morgan fingerprint density at radius 3 is 2.78 bits per heavy atom. The predicted molar refractivity (Wildman–Crippen MR) is 71.5 cm³/mol. The number of likely N-dealkylation sites (N-methyl/N-ethyl adjacent to an activating group) is 1. The van der Waals surface area contributed by atoms with E-state index in [9.17, 15) is 4.79 Å². The van der Waals surface area contributed by atoms with E-state index in [2.05, 4.69) is 36.5 Å². The molecule has 0 saturated heterocycles. The second-order valence-corrected chi connectivity index (χ2v) is 5.01. The molecule has 0 heterocycles. The Hall–Kier alpha value is -1.35. The van der Waals surface area contributed by atoms with Gasteiger partial charge < -0.3 is 10.1 Å². The van der Waals surface area contributed by atoms with Crippen molar-refractivity contribution in [2.75, 3.05) is 13.7 Å². The zero-order valence-electron chi connectivity index (χ0n) is 11.2. The normalized spacial score (nSPS) is 22.3. The number of carbonyl (C=O) groups excluding carboxylic acids is 1. The summed E-state index contributed by atoms with van der Waals surface area (Å²) in [5.41, 5.74) is 2.64. The molecule has 0 amide bonds. The van der Waals surface area contributed by atoms with E-state index in [4.69, 9.17) is 4.74 Å². The summed E-state index contributed by atoms with van der Waals surface area (Å²) in [5.74, 6) is -0.129. The third kappa shape index (κ3) is 2.72. The van der Waals surface area contributed by atoms with Crippen LogP contribution in [-0.2, 0) is 22.4 Å². The molecule has 1 aliphatic carbocycles. The molecule has 1 aromatic rings. The SMILES string of the molecule is CCNC1(CC(=O)OC)CCc2ccccc2C1. The lowest BCUT2D eigenvalue weighted by atomic mass is 9.76. The standard InChI is InChI=1S/C15H21NO2/c1-3-16-15(11-14(17)18-2)9-8-12-6-4-5-7-13(12)10-15/h4-7,16H,3,8-11H2,1-2H3. The van der Waals surface area contributed by atoms with Gasteiger partial charge in [-0.3, -0.25) is 4.79 Å². The lowest BCUT2D eigenvalue weighted by Gasteiger charge is -2.38. The molecule has 1 unspecified atom stereocenters. The quantitative estimate of drug-likeness (QED) is 0.828. The highest BCUT2D eigenvalue weighted by atomic mass is 16.5. The average Bonchev–Trinajstić information content (AvgIpc) is 2.38. The Bertz CT molecular complexity index is 430. The first-order valence-corrected chi connectivity index (χ1v) is 6.58. The minimum Gasteiger partial charge on any atom is -0.469 e. The molecule has 18 heavy (non-hydrogen) atoms. The number of hydrogen-bond donors (Lipinski definition) is 1. The maximum atomic E-state index is 11.6.